The third-order valence-corrected chi connectivity index (χ3v) is 3.61. The van der Waals surface area contributed by atoms with Gasteiger partial charge in [-0.2, -0.15) is 0 Å². The fourth-order valence-electron chi connectivity index (χ4n) is 2.55. The van der Waals surface area contributed by atoms with E-state index in [2.05, 4.69) is 10.3 Å². The summed E-state index contributed by atoms with van der Waals surface area (Å²) in [5.41, 5.74) is 0.696. The maximum Gasteiger partial charge on any atom is 0.261 e. The highest BCUT2D eigenvalue weighted by molar-refractivity contribution is 5.78. The normalized spacial score (nSPS) is 18.9. The second kappa shape index (κ2) is 5.01. The molecule has 1 aliphatic rings. The monoisotopic (exact) mass is 259 g/mol. The van der Waals surface area contributed by atoms with E-state index in [1.807, 2.05) is 0 Å². The number of aromatic nitrogens is 2. The summed E-state index contributed by atoms with van der Waals surface area (Å²) in [7, 11) is 1.61. The lowest BCUT2D eigenvalue weighted by atomic mass is 10.2. The van der Waals surface area contributed by atoms with Crippen molar-refractivity contribution in [2.75, 3.05) is 13.7 Å². The van der Waals surface area contributed by atoms with Gasteiger partial charge < -0.3 is 10.1 Å². The van der Waals surface area contributed by atoms with Crippen LogP contribution < -0.4 is 15.6 Å². The molecule has 5 nitrogen and oxygen atoms in total. The van der Waals surface area contributed by atoms with Crippen LogP contribution in [0.25, 0.3) is 10.9 Å². The number of rotatable bonds is 3. The van der Waals surface area contributed by atoms with E-state index in [9.17, 15) is 4.79 Å². The lowest BCUT2D eigenvalue weighted by molar-refractivity contribution is 0.415. The molecule has 1 aliphatic heterocycles. The van der Waals surface area contributed by atoms with E-state index >= 15 is 0 Å². The van der Waals surface area contributed by atoms with Crippen molar-refractivity contribution in [3.63, 3.8) is 0 Å². The molecule has 0 spiro atoms. The van der Waals surface area contributed by atoms with Gasteiger partial charge in [0, 0.05) is 18.7 Å². The molecule has 1 saturated heterocycles. The average Bonchev–Trinajstić information content (AvgIpc) is 2.94. The van der Waals surface area contributed by atoms with Crippen molar-refractivity contribution in [3.05, 3.63) is 34.9 Å². The third kappa shape index (κ3) is 2.33. The number of nitrogens with zero attached hydrogens (tertiary/aromatic N) is 2. The van der Waals surface area contributed by atoms with Crippen LogP contribution in [-0.4, -0.2) is 29.2 Å². The van der Waals surface area contributed by atoms with Gasteiger partial charge in [-0.15, -0.1) is 0 Å². The van der Waals surface area contributed by atoms with Crippen LogP contribution in [0.3, 0.4) is 0 Å². The summed E-state index contributed by atoms with van der Waals surface area (Å²) in [4.78, 5) is 16.7. The molecule has 1 atom stereocenters. The van der Waals surface area contributed by atoms with Crippen LogP contribution in [-0.2, 0) is 6.54 Å². The lowest BCUT2D eigenvalue weighted by Crippen LogP contribution is -2.32. The summed E-state index contributed by atoms with van der Waals surface area (Å²) in [6.45, 7) is 1.73. The van der Waals surface area contributed by atoms with Gasteiger partial charge in [-0.05, 0) is 31.5 Å². The van der Waals surface area contributed by atoms with Crippen molar-refractivity contribution in [2.45, 2.75) is 25.4 Å². The molecule has 2 aromatic rings. The Hall–Kier alpha value is -1.88. The Labute approximate surface area is 111 Å². The molecule has 5 heteroatoms. The SMILES string of the molecule is COc1ccc2c(=O)n(CC3CCCN3)cnc2c1. The molecule has 100 valence electrons. The van der Waals surface area contributed by atoms with Gasteiger partial charge in [0.1, 0.15) is 5.75 Å². The quantitative estimate of drug-likeness (QED) is 0.898. The van der Waals surface area contributed by atoms with Crippen LogP contribution in [0, 0.1) is 0 Å². The molecule has 19 heavy (non-hydrogen) atoms. The molecular formula is C14H17N3O2. The maximum absolute atomic E-state index is 12.4. The fourth-order valence-corrected chi connectivity index (χ4v) is 2.55. The van der Waals surface area contributed by atoms with Gasteiger partial charge in [0.05, 0.1) is 24.3 Å². The number of ether oxygens (including phenoxy) is 1. The zero-order chi connectivity index (χ0) is 13.2. The molecule has 0 radical (unpaired) electrons. The van der Waals surface area contributed by atoms with Gasteiger partial charge in [-0.25, -0.2) is 4.98 Å². The van der Waals surface area contributed by atoms with Crippen molar-refractivity contribution < 1.29 is 4.74 Å². The minimum absolute atomic E-state index is 0.0151. The van der Waals surface area contributed by atoms with E-state index in [1.165, 1.54) is 6.42 Å². The average molecular weight is 259 g/mol. The van der Waals surface area contributed by atoms with Crippen molar-refractivity contribution >= 4 is 10.9 Å². The van der Waals surface area contributed by atoms with Crippen LogP contribution >= 0.6 is 0 Å². The van der Waals surface area contributed by atoms with Crippen LogP contribution in [0.15, 0.2) is 29.3 Å². The summed E-state index contributed by atoms with van der Waals surface area (Å²) >= 11 is 0. The Morgan fingerprint density at radius 1 is 1.53 bits per heavy atom. The van der Waals surface area contributed by atoms with Gasteiger partial charge >= 0.3 is 0 Å². The Bertz CT molecular complexity index is 645. The highest BCUT2D eigenvalue weighted by Crippen LogP contribution is 2.16. The molecule has 1 aromatic heterocycles. The standard InChI is InChI=1S/C14H17N3O2/c1-19-11-4-5-12-13(7-11)16-9-17(14(12)18)8-10-3-2-6-15-10/h4-5,7,9-10,15H,2-3,6,8H2,1H3. The molecule has 1 fully saturated rings. The van der Waals surface area contributed by atoms with Crippen LogP contribution in [0.5, 0.6) is 5.75 Å². The molecule has 1 unspecified atom stereocenters. The molecule has 2 heterocycles. The van der Waals surface area contributed by atoms with E-state index in [1.54, 1.807) is 36.2 Å². The fraction of sp³-hybridized carbons (Fsp3) is 0.429. The Morgan fingerprint density at radius 2 is 2.42 bits per heavy atom. The Kier molecular flexibility index (Phi) is 3.21. The Balaban J connectivity index is 1.98. The van der Waals surface area contributed by atoms with E-state index in [4.69, 9.17) is 4.74 Å². The van der Waals surface area contributed by atoms with E-state index < -0.39 is 0 Å². The highest BCUT2D eigenvalue weighted by atomic mass is 16.5. The summed E-state index contributed by atoms with van der Waals surface area (Å²) in [5.74, 6) is 0.717. The van der Waals surface area contributed by atoms with Crippen molar-refractivity contribution in [3.8, 4) is 5.75 Å². The molecular weight excluding hydrogens is 242 g/mol. The summed E-state index contributed by atoms with van der Waals surface area (Å²) in [6, 6.07) is 5.75. The third-order valence-electron chi connectivity index (χ3n) is 3.61. The van der Waals surface area contributed by atoms with Crippen LogP contribution in [0.1, 0.15) is 12.8 Å². The Morgan fingerprint density at radius 3 is 3.16 bits per heavy atom. The summed E-state index contributed by atoms with van der Waals surface area (Å²) in [6.07, 6.45) is 3.93. The minimum Gasteiger partial charge on any atom is -0.497 e. The van der Waals surface area contributed by atoms with E-state index in [0.29, 0.717) is 23.5 Å². The zero-order valence-corrected chi connectivity index (χ0v) is 10.9. The minimum atomic E-state index is 0.0151. The first-order valence-corrected chi connectivity index (χ1v) is 6.54. The molecule has 3 rings (SSSR count). The molecule has 0 saturated carbocycles. The zero-order valence-electron chi connectivity index (χ0n) is 10.9. The van der Waals surface area contributed by atoms with Gasteiger partial charge in [-0.1, -0.05) is 0 Å². The number of fused-ring (bicyclic) bond motifs is 1. The van der Waals surface area contributed by atoms with Gasteiger partial charge in [-0.3, -0.25) is 9.36 Å². The van der Waals surface area contributed by atoms with Crippen molar-refractivity contribution in [1.29, 1.82) is 0 Å². The molecule has 0 bridgehead atoms. The summed E-state index contributed by atoms with van der Waals surface area (Å²) in [5, 5.41) is 4.03. The van der Waals surface area contributed by atoms with Crippen molar-refractivity contribution in [1.82, 2.24) is 14.9 Å². The first-order valence-electron chi connectivity index (χ1n) is 6.54. The maximum atomic E-state index is 12.4. The topological polar surface area (TPSA) is 56.1 Å². The van der Waals surface area contributed by atoms with Gasteiger partial charge in [0.25, 0.3) is 5.56 Å². The lowest BCUT2D eigenvalue weighted by Gasteiger charge is -2.12. The first-order chi connectivity index (χ1) is 9.28. The second-order valence-electron chi connectivity index (χ2n) is 4.88. The predicted molar refractivity (Wildman–Crippen MR) is 73.6 cm³/mol. The smallest absolute Gasteiger partial charge is 0.261 e. The van der Waals surface area contributed by atoms with Crippen LogP contribution in [0.2, 0.25) is 0 Å². The summed E-state index contributed by atoms with van der Waals surface area (Å²) < 4.78 is 6.83. The number of nitrogens with one attached hydrogen (secondary N) is 1. The second-order valence-corrected chi connectivity index (χ2v) is 4.88. The van der Waals surface area contributed by atoms with Crippen molar-refractivity contribution in [2.24, 2.45) is 0 Å². The molecule has 1 aromatic carbocycles. The number of benzene rings is 1. The largest absolute Gasteiger partial charge is 0.497 e. The van der Waals surface area contributed by atoms with Crippen LogP contribution in [0.4, 0.5) is 0 Å². The first kappa shape index (κ1) is 12.2. The van der Waals surface area contributed by atoms with Gasteiger partial charge in [0.2, 0.25) is 0 Å². The highest BCUT2D eigenvalue weighted by Gasteiger charge is 2.15. The number of hydrogen-bond acceptors (Lipinski definition) is 4. The predicted octanol–water partition coefficient (Wildman–Crippen LogP) is 1.16. The molecule has 0 amide bonds. The number of methoxy groups -OCH3 is 1. The van der Waals surface area contributed by atoms with Gasteiger partial charge in [0.15, 0.2) is 0 Å². The van der Waals surface area contributed by atoms with E-state index in [0.717, 1.165) is 18.7 Å². The van der Waals surface area contributed by atoms with E-state index in [-0.39, 0.29) is 5.56 Å². The molecule has 1 N–H and O–H groups in total. The molecule has 0 aliphatic carbocycles. The number of hydrogen-bond donors (Lipinski definition) is 1.